The highest BCUT2D eigenvalue weighted by molar-refractivity contribution is 8.01. The van der Waals surface area contributed by atoms with Gasteiger partial charge in [-0.1, -0.05) is 18.2 Å². The van der Waals surface area contributed by atoms with Gasteiger partial charge in [0.15, 0.2) is 0 Å². The van der Waals surface area contributed by atoms with Gasteiger partial charge in [-0.3, -0.25) is 4.79 Å². The van der Waals surface area contributed by atoms with Crippen molar-refractivity contribution in [3.05, 3.63) is 47.3 Å². The highest BCUT2D eigenvalue weighted by Gasteiger charge is 2.13. The van der Waals surface area contributed by atoms with E-state index in [2.05, 4.69) is 10.1 Å². The standard InChI is InChI=1S/C14H13NO3S2/c1-18-14(17)10-5-2-3-6-11(10)15-12(16)9-20-13-7-4-8-19-13/h2-8H,9H2,1H3,(H,15,16). The summed E-state index contributed by atoms with van der Waals surface area (Å²) in [5.74, 6) is -0.317. The number of nitrogens with one attached hydrogen (secondary N) is 1. The summed E-state index contributed by atoms with van der Waals surface area (Å²) in [7, 11) is 1.31. The number of thioether (sulfide) groups is 1. The summed E-state index contributed by atoms with van der Waals surface area (Å²) >= 11 is 3.06. The van der Waals surface area contributed by atoms with Crippen LogP contribution in [0.2, 0.25) is 0 Å². The van der Waals surface area contributed by atoms with Gasteiger partial charge in [0.05, 0.1) is 28.3 Å². The number of hydrogen-bond donors (Lipinski definition) is 1. The zero-order chi connectivity index (χ0) is 14.4. The minimum atomic E-state index is -0.466. The molecule has 0 aliphatic rings. The molecule has 1 N–H and O–H groups in total. The molecule has 1 heterocycles. The maximum absolute atomic E-state index is 11.9. The molecule has 0 aliphatic carbocycles. The minimum Gasteiger partial charge on any atom is -0.465 e. The molecular weight excluding hydrogens is 294 g/mol. The van der Waals surface area contributed by atoms with E-state index in [1.807, 2.05) is 17.5 Å². The van der Waals surface area contributed by atoms with Crippen molar-refractivity contribution in [2.45, 2.75) is 4.21 Å². The molecule has 0 spiro atoms. The third-order valence-corrected chi connectivity index (χ3v) is 4.58. The number of carbonyl (C=O) groups excluding carboxylic acids is 2. The third kappa shape index (κ3) is 3.85. The second-order valence-electron chi connectivity index (χ2n) is 3.81. The number of carbonyl (C=O) groups is 2. The summed E-state index contributed by atoms with van der Waals surface area (Å²) in [4.78, 5) is 23.5. The Hall–Kier alpha value is -1.79. The number of benzene rings is 1. The van der Waals surface area contributed by atoms with Gasteiger partial charge in [-0.05, 0) is 23.6 Å². The SMILES string of the molecule is COC(=O)c1ccccc1NC(=O)CSc1cccs1. The van der Waals surface area contributed by atoms with E-state index in [1.54, 1.807) is 35.6 Å². The second kappa shape index (κ2) is 7.12. The van der Waals surface area contributed by atoms with Crippen molar-refractivity contribution in [2.24, 2.45) is 0 Å². The Kier molecular flexibility index (Phi) is 5.20. The summed E-state index contributed by atoms with van der Waals surface area (Å²) in [5, 5.41) is 4.70. The fourth-order valence-corrected chi connectivity index (χ4v) is 3.13. The Morgan fingerprint density at radius 1 is 1.25 bits per heavy atom. The number of rotatable bonds is 5. The minimum absolute atomic E-state index is 0.153. The van der Waals surface area contributed by atoms with E-state index in [0.29, 0.717) is 17.0 Å². The predicted octanol–water partition coefficient (Wildman–Crippen LogP) is 3.27. The first kappa shape index (κ1) is 14.6. The van der Waals surface area contributed by atoms with Crippen LogP contribution in [0.15, 0.2) is 46.0 Å². The van der Waals surface area contributed by atoms with Crippen molar-refractivity contribution in [3.8, 4) is 0 Å². The summed E-state index contributed by atoms with van der Waals surface area (Å²) in [6, 6.07) is 10.7. The highest BCUT2D eigenvalue weighted by atomic mass is 32.2. The van der Waals surface area contributed by atoms with E-state index in [4.69, 9.17) is 0 Å². The monoisotopic (exact) mass is 307 g/mol. The molecule has 6 heteroatoms. The predicted molar refractivity (Wildman–Crippen MR) is 81.5 cm³/mol. The topological polar surface area (TPSA) is 55.4 Å². The van der Waals surface area contributed by atoms with Crippen LogP contribution in [0.1, 0.15) is 10.4 Å². The van der Waals surface area contributed by atoms with Gasteiger partial charge in [0.2, 0.25) is 5.91 Å². The van der Waals surface area contributed by atoms with E-state index >= 15 is 0 Å². The molecule has 1 aromatic carbocycles. The third-order valence-electron chi connectivity index (χ3n) is 2.45. The van der Waals surface area contributed by atoms with Gasteiger partial charge >= 0.3 is 5.97 Å². The first-order valence-corrected chi connectivity index (χ1v) is 7.70. The van der Waals surface area contributed by atoms with E-state index in [-0.39, 0.29) is 5.91 Å². The number of esters is 1. The van der Waals surface area contributed by atoms with Crippen LogP contribution in [0.25, 0.3) is 0 Å². The molecule has 0 saturated carbocycles. The molecule has 0 bridgehead atoms. The molecule has 4 nitrogen and oxygen atoms in total. The fourth-order valence-electron chi connectivity index (χ4n) is 1.55. The number of anilines is 1. The number of thiophene rings is 1. The van der Waals surface area contributed by atoms with Crippen molar-refractivity contribution in [3.63, 3.8) is 0 Å². The van der Waals surface area contributed by atoms with E-state index in [0.717, 1.165) is 4.21 Å². The number of hydrogen-bond acceptors (Lipinski definition) is 5. The van der Waals surface area contributed by atoms with Crippen molar-refractivity contribution in [2.75, 3.05) is 18.2 Å². The molecule has 0 fully saturated rings. The summed E-state index contributed by atoms with van der Waals surface area (Å²) < 4.78 is 5.77. The Morgan fingerprint density at radius 2 is 2.05 bits per heavy atom. The largest absolute Gasteiger partial charge is 0.465 e. The smallest absolute Gasteiger partial charge is 0.339 e. The van der Waals surface area contributed by atoms with E-state index in [1.165, 1.54) is 18.9 Å². The molecule has 1 aromatic heterocycles. The van der Waals surface area contributed by atoms with Crippen LogP contribution in [-0.2, 0) is 9.53 Å². The molecule has 0 atom stereocenters. The van der Waals surface area contributed by atoms with Crippen molar-refractivity contribution in [1.82, 2.24) is 0 Å². The number of ether oxygens (including phenoxy) is 1. The molecule has 104 valence electrons. The van der Waals surface area contributed by atoms with E-state index < -0.39 is 5.97 Å². The van der Waals surface area contributed by atoms with Gasteiger partial charge in [0, 0.05) is 0 Å². The maximum Gasteiger partial charge on any atom is 0.339 e. The van der Waals surface area contributed by atoms with Crippen molar-refractivity contribution < 1.29 is 14.3 Å². The lowest BCUT2D eigenvalue weighted by atomic mass is 10.2. The lowest BCUT2D eigenvalue weighted by Crippen LogP contribution is -2.16. The maximum atomic E-state index is 11.9. The fraction of sp³-hybridized carbons (Fsp3) is 0.143. The molecule has 2 rings (SSSR count). The Bertz CT molecular complexity index is 596. The number of para-hydroxylation sites is 1. The molecule has 0 aliphatic heterocycles. The van der Waals surface area contributed by atoms with Gasteiger partial charge in [-0.2, -0.15) is 0 Å². The second-order valence-corrected chi connectivity index (χ2v) is 6.03. The molecular formula is C14H13NO3S2. The molecule has 0 saturated heterocycles. The van der Waals surface area contributed by atoms with Crippen LogP contribution in [0.4, 0.5) is 5.69 Å². The molecule has 20 heavy (non-hydrogen) atoms. The average molecular weight is 307 g/mol. The van der Waals surface area contributed by atoms with Crippen LogP contribution >= 0.6 is 23.1 Å². The van der Waals surface area contributed by atoms with Crippen LogP contribution in [0.5, 0.6) is 0 Å². The quantitative estimate of drug-likeness (QED) is 0.680. The zero-order valence-electron chi connectivity index (χ0n) is 10.8. The first-order chi connectivity index (χ1) is 9.70. The summed E-state index contributed by atoms with van der Waals surface area (Å²) in [6.45, 7) is 0. The van der Waals surface area contributed by atoms with Gasteiger partial charge in [0.1, 0.15) is 0 Å². The molecule has 0 unspecified atom stereocenters. The molecule has 0 radical (unpaired) electrons. The van der Waals surface area contributed by atoms with Crippen molar-refractivity contribution in [1.29, 1.82) is 0 Å². The average Bonchev–Trinajstić information content (AvgIpc) is 2.98. The van der Waals surface area contributed by atoms with Crippen molar-refractivity contribution >= 4 is 40.7 Å². The van der Waals surface area contributed by atoms with Gasteiger partial charge in [-0.15, -0.1) is 23.1 Å². The number of methoxy groups -OCH3 is 1. The lowest BCUT2D eigenvalue weighted by Gasteiger charge is -2.09. The Balaban J connectivity index is 1.99. The van der Waals surface area contributed by atoms with Gasteiger partial charge in [0.25, 0.3) is 0 Å². The first-order valence-electron chi connectivity index (χ1n) is 5.84. The van der Waals surface area contributed by atoms with Crippen LogP contribution in [0.3, 0.4) is 0 Å². The summed E-state index contributed by atoms with van der Waals surface area (Å²) in [5.41, 5.74) is 0.820. The number of amides is 1. The molecule has 2 aromatic rings. The van der Waals surface area contributed by atoms with E-state index in [9.17, 15) is 9.59 Å². The van der Waals surface area contributed by atoms with Crippen LogP contribution < -0.4 is 5.32 Å². The Morgan fingerprint density at radius 3 is 2.75 bits per heavy atom. The highest BCUT2D eigenvalue weighted by Crippen LogP contribution is 2.23. The lowest BCUT2D eigenvalue weighted by molar-refractivity contribution is -0.113. The normalized spacial score (nSPS) is 10.1. The summed E-state index contributed by atoms with van der Waals surface area (Å²) in [6.07, 6.45) is 0. The molecule has 1 amide bonds. The van der Waals surface area contributed by atoms with Gasteiger partial charge < -0.3 is 10.1 Å². The Labute approximate surface area is 125 Å². The van der Waals surface area contributed by atoms with Crippen LogP contribution in [-0.4, -0.2) is 24.7 Å². The van der Waals surface area contributed by atoms with Crippen LogP contribution in [0, 0.1) is 0 Å². The van der Waals surface area contributed by atoms with Gasteiger partial charge in [-0.25, -0.2) is 4.79 Å². The zero-order valence-corrected chi connectivity index (χ0v) is 12.4.